The van der Waals surface area contributed by atoms with Crippen LogP contribution >= 0.6 is 0 Å². The maximum Gasteiger partial charge on any atom is 0.122 e. The highest BCUT2D eigenvalue weighted by atomic mass is 16.5. The van der Waals surface area contributed by atoms with E-state index in [9.17, 15) is 0 Å². The minimum Gasteiger partial charge on any atom is -0.497 e. The highest BCUT2D eigenvalue weighted by molar-refractivity contribution is 5.40. The number of hydrogen-bond acceptors (Lipinski definition) is 2. The van der Waals surface area contributed by atoms with Crippen molar-refractivity contribution >= 4 is 0 Å². The summed E-state index contributed by atoms with van der Waals surface area (Å²) in [6.07, 6.45) is 6.69. The van der Waals surface area contributed by atoms with Crippen LogP contribution in [0.2, 0.25) is 0 Å². The van der Waals surface area contributed by atoms with Gasteiger partial charge in [0.1, 0.15) is 11.5 Å². The van der Waals surface area contributed by atoms with Crippen LogP contribution in [0, 0.1) is 0 Å². The van der Waals surface area contributed by atoms with E-state index in [1.165, 1.54) is 24.0 Å². The van der Waals surface area contributed by atoms with Crippen molar-refractivity contribution in [2.45, 2.75) is 32.6 Å². The van der Waals surface area contributed by atoms with E-state index in [4.69, 9.17) is 9.47 Å². The third-order valence-electron chi connectivity index (χ3n) is 3.15. The second-order valence-electron chi connectivity index (χ2n) is 4.51. The second-order valence-corrected chi connectivity index (χ2v) is 4.51. The van der Waals surface area contributed by atoms with Gasteiger partial charge in [-0.3, -0.25) is 0 Å². The van der Waals surface area contributed by atoms with Crippen LogP contribution in [0.5, 0.6) is 11.5 Å². The second kappa shape index (κ2) is 5.76. The standard InChI is InChI=1S/C15H20O2/c1-12-5-3-7-13-11-14(16-2)8-9-15(13)17-10-4-6-12/h6,8-9,11H,3-5,7,10H2,1-2H3. The van der Waals surface area contributed by atoms with Crippen LogP contribution in [0.3, 0.4) is 0 Å². The van der Waals surface area contributed by atoms with E-state index < -0.39 is 0 Å². The molecule has 1 aromatic rings. The van der Waals surface area contributed by atoms with Gasteiger partial charge in [-0.25, -0.2) is 0 Å². The number of methoxy groups -OCH3 is 1. The Hall–Kier alpha value is -1.44. The Morgan fingerprint density at radius 1 is 1.24 bits per heavy atom. The molecular formula is C15H20O2. The average molecular weight is 232 g/mol. The van der Waals surface area contributed by atoms with Crippen molar-refractivity contribution in [3.63, 3.8) is 0 Å². The van der Waals surface area contributed by atoms with E-state index in [-0.39, 0.29) is 0 Å². The number of aryl methyl sites for hydroxylation is 1. The maximum absolute atomic E-state index is 5.81. The summed E-state index contributed by atoms with van der Waals surface area (Å²) >= 11 is 0. The fourth-order valence-electron chi connectivity index (χ4n) is 2.15. The zero-order chi connectivity index (χ0) is 12.1. The first-order chi connectivity index (χ1) is 8.29. The summed E-state index contributed by atoms with van der Waals surface area (Å²) in [5, 5.41) is 0. The van der Waals surface area contributed by atoms with Gasteiger partial charge in [0.25, 0.3) is 0 Å². The Morgan fingerprint density at radius 2 is 2.12 bits per heavy atom. The van der Waals surface area contributed by atoms with Gasteiger partial charge in [-0.05, 0) is 56.4 Å². The van der Waals surface area contributed by atoms with E-state index in [0.717, 1.165) is 30.9 Å². The maximum atomic E-state index is 5.81. The van der Waals surface area contributed by atoms with Gasteiger partial charge in [0.15, 0.2) is 0 Å². The van der Waals surface area contributed by atoms with Crippen molar-refractivity contribution in [2.75, 3.05) is 13.7 Å². The Bertz CT molecular complexity index is 407. The van der Waals surface area contributed by atoms with Crippen molar-refractivity contribution in [2.24, 2.45) is 0 Å². The SMILES string of the molecule is COc1ccc2c(c1)CCCC(C)=CCCO2. The molecule has 0 unspecified atom stereocenters. The number of benzene rings is 1. The molecule has 0 fully saturated rings. The minimum atomic E-state index is 0.761. The fraction of sp³-hybridized carbons (Fsp3) is 0.467. The third-order valence-corrected chi connectivity index (χ3v) is 3.15. The zero-order valence-electron chi connectivity index (χ0n) is 10.7. The number of allylic oxidation sites excluding steroid dienone is 1. The predicted molar refractivity (Wildman–Crippen MR) is 69.8 cm³/mol. The van der Waals surface area contributed by atoms with Gasteiger partial charge in [0.2, 0.25) is 0 Å². The van der Waals surface area contributed by atoms with Crippen molar-refractivity contribution in [1.82, 2.24) is 0 Å². The fourth-order valence-corrected chi connectivity index (χ4v) is 2.15. The topological polar surface area (TPSA) is 18.5 Å². The van der Waals surface area contributed by atoms with Crippen LogP contribution < -0.4 is 9.47 Å². The van der Waals surface area contributed by atoms with Crippen LogP contribution in [0.4, 0.5) is 0 Å². The first-order valence-corrected chi connectivity index (χ1v) is 6.25. The summed E-state index contributed by atoms with van der Waals surface area (Å²) in [5.74, 6) is 1.93. The average Bonchev–Trinajstić information content (AvgIpc) is 2.36. The first-order valence-electron chi connectivity index (χ1n) is 6.25. The Labute approximate surface area is 103 Å². The number of fused-ring (bicyclic) bond motifs is 1. The van der Waals surface area contributed by atoms with Crippen molar-refractivity contribution in [3.05, 3.63) is 35.4 Å². The van der Waals surface area contributed by atoms with Crippen LogP contribution in [0.15, 0.2) is 29.8 Å². The summed E-state index contributed by atoms with van der Waals surface area (Å²) in [4.78, 5) is 0. The molecule has 0 saturated heterocycles. The molecular weight excluding hydrogens is 212 g/mol. The molecule has 2 nitrogen and oxygen atoms in total. The van der Waals surface area contributed by atoms with Crippen LogP contribution in [-0.4, -0.2) is 13.7 Å². The molecule has 1 aliphatic heterocycles. The van der Waals surface area contributed by atoms with Crippen LogP contribution in [0.25, 0.3) is 0 Å². The summed E-state index contributed by atoms with van der Waals surface area (Å²) in [5.41, 5.74) is 2.74. The van der Waals surface area contributed by atoms with Crippen molar-refractivity contribution in [1.29, 1.82) is 0 Å². The van der Waals surface area contributed by atoms with Crippen molar-refractivity contribution < 1.29 is 9.47 Å². The molecule has 17 heavy (non-hydrogen) atoms. The van der Waals surface area contributed by atoms with Gasteiger partial charge in [0.05, 0.1) is 13.7 Å². The van der Waals surface area contributed by atoms with E-state index in [1.807, 2.05) is 12.1 Å². The zero-order valence-corrected chi connectivity index (χ0v) is 10.7. The molecule has 1 heterocycles. The molecule has 0 aliphatic carbocycles. The van der Waals surface area contributed by atoms with Crippen LogP contribution in [-0.2, 0) is 6.42 Å². The summed E-state index contributed by atoms with van der Waals surface area (Å²) in [6, 6.07) is 6.08. The van der Waals surface area contributed by atoms with Gasteiger partial charge in [0, 0.05) is 0 Å². The number of hydrogen-bond donors (Lipinski definition) is 0. The smallest absolute Gasteiger partial charge is 0.122 e. The molecule has 0 radical (unpaired) electrons. The molecule has 0 spiro atoms. The summed E-state index contributed by atoms with van der Waals surface area (Å²) in [7, 11) is 1.70. The molecule has 92 valence electrons. The molecule has 1 aromatic carbocycles. The van der Waals surface area contributed by atoms with Gasteiger partial charge in [-0.2, -0.15) is 0 Å². The van der Waals surface area contributed by atoms with Gasteiger partial charge in [-0.15, -0.1) is 0 Å². The molecule has 0 bridgehead atoms. The minimum absolute atomic E-state index is 0.761. The molecule has 0 N–H and O–H groups in total. The first kappa shape index (κ1) is 12.0. The lowest BCUT2D eigenvalue weighted by Crippen LogP contribution is -2.02. The number of ether oxygens (including phenoxy) is 2. The number of rotatable bonds is 1. The molecule has 2 rings (SSSR count). The normalized spacial score (nSPS) is 16.5. The van der Waals surface area contributed by atoms with Gasteiger partial charge >= 0.3 is 0 Å². The van der Waals surface area contributed by atoms with Gasteiger partial charge < -0.3 is 9.47 Å². The lowest BCUT2D eigenvalue weighted by Gasteiger charge is -2.14. The highest BCUT2D eigenvalue weighted by Gasteiger charge is 2.07. The quantitative estimate of drug-likeness (QED) is 0.687. The lowest BCUT2D eigenvalue weighted by molar-refractivity contribution is 0.319. The van der Waals surface area contributed by atoms with Crippen molar-refractivity contribution in [3.8, 4) is 11.5 Å². The monoisotopic (exact) mass is 232 g/mol. The van der Waals surface area contributed by atoms with E-state index in [0.29, 0.717) is 0 Å². The van der Waals surface area contributed by atoms with Gasteiger partial charge in [-0.1, -0.05) is 11.6 Å². The lowest BCUT2D eigenvalue weighted by atomic mass is 10.0. The van der Waals surface area contributed by atoms with Crippen LogP contribution in [0.1, 0.15) is 31.7 Å². The molecule has 1 aliphatic rings. The summed E-state index contributed by atoms with van der Waals surface area (Å²) in [6.45, 7) is 2.96. The molecule has 2 heteroatoms. The van der Waals surface area contributed by atoms with E-state index in [1.54, 1.807) is 7.11 Å². The molecule has 0 saturated carbocycles. The predicted octanol–water partition coefficient (Wildman–Crippen LogP) is 3.75. The Balaban J connectivity index is 2.18. The molecule has 0 aromatic heterocycles. The molecule has 0 amide bonds. The van der Waals surface area contributed by atoms with E-state index in [2.05, 4.69) is 19.1 Å². The van der Waals surface area contributed by atoms with E-state index >= 15 is 0 Å². The Morgan fingerprint density at radius 3 is 2.94 bits per heavy atom. The Kier molecular flexibility index (Phi) is 4.08. The summed E-state index contributed by atoms with van der Waals surface area (Å²) < 4.78 is 11.1. The third kappa shape index (κ3) is 3.26. The largest absolute Gasteiger partial charge is 0.497 e. The molecule has 0 atom stereocenters. The highest BCUT2D eigenvalue weighted by Crippen LogP contribution is 2.27.